The number of aromatic amines is 1. The van der Waals surface area contributed by atoms with E-state index in [1.54, 1.807) is 4.52 Å². The van der Waals surface area contributed by atoms with Crippen molar-refractivity contribution in [2.45, 2.75) is 58.7 Å². The van der Waals surface area contributed by atoms with E-state index in [9.17, 15) is 4.79 Å². The number of hydrogen-bond donors (Lipinski definition) is 1. The fraction of sp³-hybridized carbons (Fsp3) is 0.400. The van der Waals surface area contributed by atoms with Crippen LogP contribution in [-0.4, -0.2) is 44.0 Å². The van der Waals surface area contributed by atoms with Crippen LogP contribution in [0.5, 0.6) is 0 Å². The van der Waals surface area contributed by atoms with Crippen molar-refractivity contribution in [3.63, 3.8) is 0 Å². The number of nitrogens with one attached hydrogen (secondary N) is 1. The number of aromatic nitrogens is 3. The van der Waals surface area contributed by atoms with E-state index in [1.165, 1.54) is 28.7 Å². The largest absolute Gasteiger partial charge is 0.298 e. The van der Waals surface area contributed by atoms with Gasteiger partial charge in [-0.1, -0.05) is 48.5 Å². The van der Waals surface area contributed by atoms with Gasteiger partial charge < -0.3 is 0 Å². The Kier molecular flexibility index (Phi) is 6.23. The number of aryl methyl sites for hydroxylation is 2. The highest BCUT2D eigenvalue weighted by Crippen LogP contribution is 2.28. The predicted octanol–water partition coefficient (Wildman–Crippen LogP) is 4.58. The van der Waals surface area contributed by atoms with Gasteiger partial charge in [0.15, 0.2) is 5.65 Å². The van der Waals surface area contributed by atoms with Crippen LogP contribution in [0.3, 0.4) is 0 Å². The zero-order chi connectivity index (χ0) is 24.6. The normalized spacial score (nSPS) is 19.0. The van der Waals surface area contributed by atoms with E-state index >= 15 is 0 Å². The summed E-state index contributed by atoms with van der Waals surface area (Å²) in [5, 5.41) is 3.45. The zero-order valence-corrected chi connectivity index (χ0v) is 21.3. The maximum atomic E-state index is 13.5. The Morgan fingerprint density at radius 2 is 1.64 bits per heavy atom. The van der Waals surface area contributed by atoms with Gasteiger partial charge in [0.25, 0.3) is 5.56 Å². The van der Waals surface area contributed by atoms with Gasteiger partial charge in [-0.05, 0) is 55.5 Å². The van der Waals surface area contributed by atoms with Crippen LogP contribution < -0.4 is 5.56 Å². The third-order valence-corrected chi connectivity index (χ3v) is 8.12. The van der Waals surface area contributed by atoms with Gasteiger partial charge in [-0.25, -0.2) is 9.50 Å². The van der Waals surface area contributed by atoms with Crippen molar-refractivity contribution >= 4 is 5.65 Å². The first-order chi connectivity index (χ1) is 17.5. The molecule has 0 amide bonds. The minimum atomic E-state index is 0.0586. The lowest BCUT2D eigenvalue weighted by Gasteiger charge is -2.32. The molecule has 2 aromatic heterocycles. The van der Waals surface area contributed by atoms with Gasteiger partial charge in [0.1, 0.15) is 0 Å². The Hall–Kier alpha value is -3.22. The molecule has 1 atom stereocenters. The standard InChI is InChI=1S/C30H35N5O/c1-21-8-3-5-10-23(21)17-33-14-7-12-25(19-33)28-16-29-31-27-13-15-34(18-24-11-6-4-9-22(24)2)20-26(27)30(36)35(29)32-28/h3-6,8-11,16,25,32H,7,12-15,17-20H2,1-2H3. The molecular weight excluding hydrogens is 446 g/mol. The van der Waals surface area contributed by atoms with E-state index in [0.717, 1.165) is 68.2 Å². The molecule has 1 fully saturated rings. The topological polar surface area (TPSA) is 56.6 Å². The molecule has 1 N–H and O–H groups in total. The maximum absolute atomic E-state index is 13.5. The average Bonchev–Trinajstić information content (AvgIpc) is 3.32. The summed E-state index contributed by atoms with van der Waals surface area (Å²) >= 11 is 0. The molecule has 0 saturated carbocycles. The summed E-state index contributed by atoms with van der Waals surface area (Å²) in [7, 11) is 0. The second-order valence-electron chi connectivity index (χ2n) is 10.6. The molecule has 0 aliphatic carbocycles. The molecule has 6 nitrogen and oxygen atoms in total. The van der Waals surface area contributed by atoms with Gasteiger partial charge in [-0.3, -0.25) is 19.7 Å². The quantitative estimate of drug-likeness (QED) is 0.453. The molecule has 0 radical (unpaired) electrons. The average molecular weight is 482 g/mol. The number of fused-ring (bicyclic) bond motifs is 2. The molecule has 2 aliphatic rings. The molecule has 4 aromatic rings. The van der Waals surface area contributed by atoms with Crippen LogP contribution in [0.4, 0.5) is 0 Å². The zero-order valence-electron chi connectivity index (χ0n) is 21.3. The highest BCUT2D eigenvalue weighted by molar-refractivity contribution is 5.43. The van der Waals surface area contributed by atoms with E-state index in [1.807, 2.05) is 0 Å². The Morgan fingerprint density at radius 1 is 0.944 bits per heavy atom. The Labute approximate surface area is 212 Å². The van der Waals surface area contributed by atoms with Gasteiger partial charge in [0.05, 0.1) is 11.3 Å². The molecule has 1 saturated heterocycles. The molecule has 4 heterocycles. The third kappa shape index (κ3) is 4.51. The van der Waals surface area contributed by atoms with Crippen LogP contribution in [0.2, 0.25) is 0 Å². The summed E-state index contributed by atoms with van der Waals surface area (Å²) in [6.07, 6.45) is 3.12. The minimum absolute atomic E-state index is 0.0586. The van der Waals surface area contributed by atoms with Crippen LogP contribution in [0.25, 0.3) is 5.65 Å². The van der Waals surface area contributed by atoms with E-state index in [-0.39, 0.29) is 5.56 Å². The van der Waals surface area contributed by atoms with Crippen molar-refractivity contribution in [3.05, 3.63) is 104 Å². The third-order valence-electron chi connectivity index (χ3n) is 8.12. The summed E-state index contributed by atoms with van der Waals surface area (Å²) in [6, 6.07) is 19.3. The highest BCUT2D eigenvalue weighted by atomic mass is 16.1. The van der Waals surface area contributed by atoms with Gasteiger partial charge >= 0.3 is 0 Å². The molecule has 0 spiro atoms. The number of likely N-dealkylation sites (tertiary alicyclic amines) is 1. The van der Waals surface area contributed by atoms with Crippen molar-refractivity contribution in [3.8, 4) is 0 Å². The molecule has 0 bridgehead atoms. The number of hydrogen-bond acceptors (Lipinski definition) is 4. The lowest BCUT2D eigenvalue weighted by molar-refractivity contribution is 0.198. The fourth-order valence-electron chi connectivity index (χ4n) is 5.91. The molecule has 186 valence electrons. The monoisotopic (exact) mass is 481 g/mol. The van der Waals surface area contributed by atoms with E-state index in [2.05, 4.69) is 83.3 Å². The van der Waals surface area contributed by atoms with Crippen LogP contribution in [0, 0.1) is 13.8 Å². The maximum Gasteiger partial charge on any atom is 0.277 e. The second-order valence-corrected chi connectivity index (χ2v) is 10.6. The van der Waals surface area contributed by atoms with E-state index < -0.39 is 0 Å². The molecule has 6 heteroatoms. The van der Waals surface area contributed by atoms with Crippen molar-refractivity contribution in [1.82, 2.24) is 24.4 Å². The number of nitrogens with zero attached hydrogens (tertiary/aromatic N) is 4. The van der Waals surface area contributed by atoms with Crippen LogP contribution >= 0.6 is 0 Å². The van der Waals surface area contributed by atoms with Crippen LogP contribution in [0.1, 0.15) is 58.0 Å². The second kappa shape index (κ2) is 9.68. The number of piperidine rings is 1. The molecule has 2 aliphatic heterocycles. The van der Waals surface area contributed by atoms with E-state index in [0.29, 0.717) is 12.5 Å². The fourth-order valence-corrected chi connectivity index (χ4v) is 5.91. The predicted molar refractivity (Wildman–Crippen MR) is 143 cm³/mol. The highest BCUT2D eigenvalue weighted by Gasteiger charge is 2.26. The molecule has 36 heavy (non-hydrogen) atoms. The summed E-state index contributed by atoms with van der Waals surface area (Å²) in [4.78, 5) is 23.4. The van der Waals surface area contributed by atoms with Gasteiger partial charge in [0, 0.05) is 56.8 Å². The molecule has 2 aromatic carbocycles. The Bertz CT molecular complexity index is 1450. The number of benzene rings is 2. The first kappa shape index (κ1) is 23.2. The van der Waals surface area contributed by atoms with Crippen molar-refractivity contribution in [2.75, 3.05) is 19.6 Å². The van der Waals surface area contributed by atoms with Gasteiger partial charge in [-0.15, -0.1) is 0 Å². The van der Waals surface area contributed by atoms with Gasteiger partial charge in [0.2, 0.25) is 0 Å². The first-order valence-corrected chi connectivity index (χ1v) is 13.2. The van der Waals surface area contributed by atoms with Crippen molar-refractivity contribution in [2.24, 2.45) is 0 Å². The van der Waals surface area contributed by atoms with Crippen molar-refractivity contribution < 1.29 is 0 Å². The summed E-state index contributed by atoms with van der Waals surface area (Å²) in [5.74, 6) is 0.387. The summed E-state index contributed by atoms with van der Waals surface area (Å²) in [6.45, 7) is 9.89. The van der Waals surface area contributed by atoms with Gasteiger partial charge in [-0.2, -0.15) is 0 Å². The summed E-state index contributed by atoms with van der Waals surface area (Å²) in [5.41, 5.74) is 9.13. The van der Waals surface area contributed by atoms with Crippen LogP contribution in [0.15, 0.2) is 59.4 Å². The Balaban J connectivity index is 1.22. The smallest absolute Gasteiger partial charge is 0.277 e. The number of H-pyrrole nitrogens is 1. The molecular formula is C30H35N5O. The van der Waals surface area contributed by atoms with Crippen LogP contribution in [-0.2, 0) is 26.1 Å². The van der Waals surface area contributed by atoms with E-state index in [4.69, 9.17) is 4.98 Å². The first-order valence-electron chi connectivity index (χ1n) is 13.2. The molecule has 6 rings (SSSR count). The van der Waals surface area contributed by atoms with Crippen molar-refractivity contribution in [1.29, 1.82) is 0 Å². The number of rotatable bonds is 5. The Morgan fingerprint density at radius 3 is 2.36 bits per heavy atom. The summed E-state index contributed by atoms with van der Waals surface area (Å²) < 4.78 is 1.69. The lowest BCUT2D eigenvalue weighted by Crippen LogP contribution is -2.36. The molecule has 1 unspecified atom stereocenters. The minimum Gasteiger partial charge on any atom is -0.298 e. The SMILES string of the molecule is Cc1ccccc1CN1CCc2nc3cc(C4CCCN(Cc5ccccc5C)C4)[nH]n3c(=O)c2C1. The lowest BCUT2D eigenvalue weighted by atomic mass is 9.94.